The van der Waals surface area contributed by atoms with E-state index in [-0.39, 0.29) is 72.8 Å². The summed E-state index contributed by atoms with van der Waals surface area (Å²) >= 11 is 6.32. The van der Waals surface area contributed by atoms with Gasteiger partial charge in [-0.1, -0.05) is 41.9 Å². The number of imidazole rings is 1. The van der Waals surface area contributed by atoms with Gasteiger partial charge in [0.05, 0.1) is 73.1 Å². The molecule has 4 aromatic heterocycles. The first-order chi connectivity index (χ1) is 35.6. The van der Waals surface area contributed by atoms with Gasteiger partial charge in [0.1, 0.15) is 11.6 Å². The standard InChI is InChI=1S/C24H23F2N5O3.C18H13ClFNO4.C11H18N4/c1-31(2)12-13-11-28-24(29-13)30-23(32)16-8-7-14(15-6-5-9-27-22(15)16)19-20(25)17(33-3)10-18(34-4)21(19)26;1-24-12-8-13(25-2)16(20)14(15(12)19)9-5-6-11(18(22)23)17-10(9)4-3-7-21-17;1-14-4-6-15(7-5-14)9-10-2-3-11(12)13-8-10/h5-11H,12H2,1-4H3,(H2,28,29,30,32);3-8H,1-2H3,(H,22,23);2-3,8H,4-7,9H2,1H3,(H2,12,13). The Morgan fingerprint density at radius 2 is 1.27 bits per heavy atom. The third-order valence-corrected chi connectivity index (χ3v) is 12.3. The van der Waals surface area contributed by atoms with Gasteiger partial charge in [-0.05, 0) is 68.2 Å². The molecule has 9 rings (SSSR count). The van der Waals surface area contributed by atoms with Crippen molar-refractivity contribution >= 4 is 57.0 Å². The third-order valence-electron chi connectivity index (χ3n) is 11.9. The second-order valence-electron chi connectivity index (χ2n) is 17.1. The average molecular weight is 1040 g/mol. The van der Waals surface area contributed by atoms with Crippen molar-refractivity contribution in [2.45, 2.75) is 13.1 Å². The highest BCUT2D eigenvalue weighted by Crippen LogP contribution is 2.45. The van der Waals surface area contributed by atoms with Crippen LogP contribution in [0.25, 0.3) is 44.1 Å². The number of carbonyl (C=O) groups excluding carboxylic acids is 1. The molecule has 386 valence electrons. The van der Waals surface area contributed by atoms with Crippen LogP contribution in [0.5, 0.6) is 23.0 Å². The van der Waals surface area contributed by atoms with Crippen LogP contribution in [-0.2, 0) is 13.1 Å². The predicted molar refractivity (Wildman–Crippen MR) is 278 cm³/mol. The number of ether oxygens (including phenoxy) is 4. The predicted octanol–water partition coefficient (Wildman–Crippen LogP) is 9.06. The summed E-state index contributed by atoms with van der Waals surface area (Å²) in [5, 5.41) is 13.0. The minimum atomic E-state index is -1.12. The first-order valence-electron chi connectivity index (χ1n) is 22.9. The Hall–Kier alpha value is -8.04. The smallest absolute Gasteiger partial charge is 0.337 e. The molecule has 1 aliphatic heterocycles. The Balaban J connectivity index is 0.000000175. The van der Waals surface area contributed by atoms with Gasteiger partial charge in [-0.15, -0.1) is 0 Å². The van der Waals surface area contributed by atoms with Crippen molar-refractivity contribution in [3.8, 4) is 45.3 Å². The highest BCUT2D eigenvalue weighted by atomic mass is 35.5. The maximum absolute atomic E-state index is 15.2. The van der Waals surface area contributed by atoms with E-state index in [1.807, 2.05) is 31.3 Å². The summed E-state index contributed by atoms with van der Waals surface area (Å²) < 4.78 is 65.6. The summed E-state index contributed by atoms with van der Waals surface area (Å²) in [6.45, 7) is 6.21. The molecule has 0 radical (unpaired) electrons. The van der Waals surface area contributed by atoms with E-state index in [0.717, 1.165) is 44.5 Å². The van der Waals surface area contributed by atoms with Crippen molar-refractivity contribution in [3.05, 3.63) is 142 Å². The molecule has 1 amide bonds. The lowest BCUT2D eigenvalue weighted by Crippen LogP contribution is -2.43. The molecule has 0 unspecified atom stereocenters. The number of piperazine rings is 1. The Labute approximate surface area is 429 Å². The van der Waals surface area contributed by atoms with Gasteiger partial charge in [0.15, 0.2) is 34.7 Å². The molecule has 1 aliphatic rings. The fraction of sp³-hybridized carbons (Fsp3) is 0.245. The van der Waals surface area contributed by atoms with Gasteiger partial charge in [-0.2, -0.15) is 0 Å². The van der Waals surface area contributed by atoms with Gasteiger partial charge in [-0.25, -0.2) is 27.9 Å². The fourth-order valence-electron chi connectivity index (χ4n) is 8.19. The normalized spacial score (nSPS) is 12.6. The zero-order valence-electron chi connectivity index (χ0n) is 41.6. The summed E-state index contributed by atoms with van der Waals surface area (Å²) in [4.78, 5) is 51.0. The number of nitrogens with one attached hydrogen (secondary N) is 2. The molecule has 1 fully saturated rings. The van der Waals surface area contributed by atoms with Gasteiger partial charge in [-0.3, -0.25) is 25.0 Å². The van der Waals surface area contributed by atoms with Crippen molar-refractivity contribution in [1.82, 2.24) is 39.6 Å². The molecule has 0 saturated carbocycles. The lowest BCUT2D eigenvalue weighted by molar-refractivity contribution is 0.0698. The third kappa shape index (κ3) is 12.1. The molecule has 17 nitrogen and oxygen atoms in total. The maximum atomic E-state index is 15.2. The quantitative estimate of drug-likeness (QED) is 0.0850. The van der Waals surface area contributed by atoms with E-state index in [1.165, 1.54) is 76.7 Å². The van der Waals surface area contributed by atoms with Crippen LogP contribution >= 0.6 is 11.6 Å². The minimum absolute atomic E-state index is 0.0192. The fourth-order valence-corrected chi connectivity index (χ4v) is 8.51. The number of carboxylic acids is 1. The topological polar surface area (TPSA) is 206 Å². The number of pyridine rings is 3. The van der Waals surface area contributed by atoms with Gasteiger partial charge in [0.25, 0.3) is 5.91 Å². The highest BCUT2D eigenvalue weighted by Gasteiger charge is 2.26. The van der Waals surface area contributed by atoms with Crippen LogP contribution < -0.4 is 30.0 Å². The van der Waals surface area contributed by atoms with E-state index >= 15 is 8.78 Å². The highest BCUT2D eigenvalue weighted by molar-refractivity contribution is 6.35. The van der Waals surface area contributed by atoms with E-state index in [0.29, 0.717) is 28.7 Å². The number of carboxylic acid groups (broad SMARTS) is 1. The van der Waals surface area contributed by atoms with E-state index in [2.05, 4.69) is 53.2 Å². The number of anilines is 2. The van der Waals surface area contributed by atoms with Crippen LogP contribution in [0.3, 0.4) is 0 Å². The number of hydrogen-bond donors (Lipinski definition) is 4. The van der Waals surface area contributed by atoms with Crippen molar-refractivity contribution < 1.29 is 46.8 Å². The first-order valence-corrected chi connectivity index (χ1v) is 23.3. The number of rotatable bonds is 13. The number of aromatic amines is 1. The zero-order valence-corrected chi connectivity index (χ0v) is 42.4. The number of amides is 1. The molecular formula is C53H54ClF3N10O7. The number of aromatic carboxylic acids is 1. The number of halogens is 4. The van der Waals surface area contributed by atoms with E-state index in [1.54, 1.807) is 30.5 Å². The largest absolute Gasteiger partial charge is 0.495 e. The van der Waals surface area contributed by atoms with Gasteiger partial charge in [0.2, 0.25) is 5.95 Å². The lowest BCUT2D eigenvalue weighted by atomic mass is 9.96. The van der Waals surface area contributed by atoms with Crippen molar-refractivity contribution in [1.29, 1.82) is 0 Å². The van der Waals surface area contributed by atoms with Crippen molar-refractivity contribution in [3.63, 3.8) is 0 Å². The van der Waals surface area contributed by atoms with Crippen LogP contribution in [0.15, 0.2) is 97.6 Å². The monoisotopic (exact) mass is 1030 g/mol. The Morgan fingerprint density at radius 3 is 1.81 bits per heavy atom. The molecule has 74 heavy (non-hydrogen) atoms. The number of likely N-dealkylation sites (N-methyl/N-ethyl adjacent to an activating group) is 1. The number of nitrogens with two attached hydrogens (primary N) is 1. The van der Waals surface area contributed by atoms with Gasteiger partial charge in [0, 0.05) is 86.3 Å². The molecule has 21 heteroatoms. The number of fused-ring (bicyclic) bond motifs is 2. The van der Waals surface area contributed by atoms with Gasteiger partial charge >= 0.3 is 5.97 Å². The molecular weight excluding hydrogens is 981 g/mol. The summed E-state index contributed by atoms with van der Waals surface area (Å²) in [5.41, 5.74) is 8.71. The lowest BCUT2D eigenvalue weighted by Gasteiger charge is -2.32. The molecule has 0 spiro atoms. The SMILES string of the molecule is CN1CCN(Cc2ccc(N)nc2)CC1.COc1cc(OC)c(Cl)c(-c2ccc(C(=O)O)c3ncccc23)c1F.COc1cc(OC)c(F)c(-c2ccc(C(=O)Nc3ncc(CN(C)C)[nH]3)c3ncccc23)c1F. The molecule has 0 atom stereocenters. The molecule has 8 aromatic rings. The molecule has 5 heterocycles. The molecule has 5 N–H and O–H groups in total. The summed E-state index contributed by atoms with van der Waals surface area (Å²) in [5.74, 6) is -3.26. The Kier molecular flexibility index (Phi) is 17.5. The molecule has 1 saturated heterocycles. The second kappa shape index (κ2) is 24.1. The van der Waals surface area contributed by atoms with E-state index in [4.69, 9.17) is 36.3 Å². The van der Waals surface area contributed by atoms with Crippen LogP contribution in [0.4, 0.5) is 24.9 Å². The summed E-state index contributed by atoms with van der Waals surface area (Å²) in [6, 6.07) is 18.8. The second-order valence-corrected chi connectivity index (χ2v) is 17.5. The van der Waals surface area contributed by atoms with Crippen LogP contribution in [0, 0.1) is 17.5 Å². The van der Waals surface area contributed by atoms with Gasteiger partial charge < -0.3 is 44.6 Å². The van der Waals surface area contributed by atoms with E-state index < -0.39 is 29.3 Å². The first kappa shape index (κ1) is 53.8. The maximum Gasteiger partial charge on any atom is 0.337 e. The summed E-state index contributed by atoms with van der Waals surface area (Å²) in [7, 11) is 11.3. The number of benzene rings is 4. The Morgan fingerprint density at radius 1 is 0.730 bits per heavy atom. The minimum Gasteiger partial charge on any atom is -0.495 e. The molecule has 4 aromatic carbocycles. The van der Waals surface area contributed by atoms with Crippen molar-refractivity contribution in [2.75, 3.05) is 86.8 Å². The van der Waals surface area contributed by atoms with Crippen molar-refractivity contribution in [2.24, 2.45) is 0 Å². The Bertz CT molecular complexity index is 3240. The number of H-pyrrole nitrogens is 1. The van der Waals surface area contributed by atoms with Crippen LogP contribution in [0.1, 0.15) is 32.0 Å². The zero-order chi connectivity index (χ0) is 53.2. The summed E-state index contributed by atoms with van der Waals surface area (Å²) in [6.07, 6.45) is 6.48. The van der Waals surface area contributed by atoms with E-state index in [9.17, 15) is 19.1 Å². The number of aromatic nitrogens is 5. The van der Waals surface area contributed by atoms with Crippen LogP contribution in [-0.4, -0.2) is 132 Å². The number of hydrogen-bond acceptors (Lipinski definition) is 14. The number of nitrogens with zero attached hydrogens (tertiary/aromatic N) is 7. The number of carbonyl (C=O) groups is 2. The number of nitrogen functional groups attached to an aromatic ring is 1. The molecule has 0 bridgehead atoms. The number of methoxy groups -OCH3 is 4. The average Bonchev–Trinajstić information content (AvgIpc) is 3.83. The molecule has 0 aliphatic carbocycles. The van der Waals surface area contributed by atoms with Crippen LogP contribution in [0.2, 0.25) is 5.02 Å².